The van der Waals surface area contributed by atoms with E-state index in [0.29, 0.717) is 5.02 Å². The van der Waals surface area contributed by atoms with Crippen LogP contribution in [0.1, 0.15) is 43.3 Å². The summed E-state index contributed by atoms with van der Waals surface area (Å²) in [6, 6.07) is 15.6. The van der Waals surface area contributed by atoms with E-state index in [9.17, 15) is 4.79 Å². The van der Waals surface area contributed by atoms with Gasteiger partial charge in [-0.25, -0.2) is 4.98 Å². The number of nitrogens with zero attached hydrogens (tertiary/aromatic N) is 2. The van der Waals surface area contributed by atoms with Gasteiger partial charge in [0, 0.05) is 12.1 Å². The molecule has 26 heavy (non-hydrogen) atoms. The number of benzene rings is 2. The molecular formula is C21H23ClN2OS. The first-order chi connectivity index (χ1) is 12.4. The van der Waals surface area contributed by atoms with Crippen LogP contribution in [0.5, 0.6) is 0 Å². The molecule has 1 heterocycles. The molecule has 0 saturated carbocycles. The third kappa shape index (κ3) is 3.76. The number of hydrogen-bond donors (Lipinski definition) is 0. The average Bonchev–Trinajstić information content (AvgIpc) is 3.06. The number of halogens is 1. The standard InChI is InChI=1S/C21H23ClN2OS/c1-13(2)19(15-9-11-16(22)12-10-15)21(25)24(4)14(3)20-23-17-7-5-6-8-18(17)26-20/h5-14,19H,1-4H3/t14-,19-/m1/s1. The van der Waals surface area contributed by atoms with Crippen molar-refractivity contribution in [3.05, 3.63) is 64.1 Å². The van der Waals surface area contributed by atoms with Crippen molar-refractivity contribution in [2.45, 2.75) is 32.7 Å². The van der Waals surface area contributed by atoms with Gasteiger partial charge in [0.05, 0.1) is 22.2 Å². The maximum absolute atomic E-state index is 13.3. The minimum Gasteiger partial charge on any atom is -0.336 e. The largest absolute Gasteiger partial charge is 0.336 e. The predicted octanol–water partition coefficient (Wildman–Crippen LogP) is 5.91. The van der Waals surface area contributed by atoms with Crippen LogP contribution < -0.4 is 0 Å². The van der Waals surface area contributed by atoms with Crippen LogP contribution >= 0.6 is 22.9 Å². The summed E-state index contributed by atoms with van der Waals surface area (Å²) in [7, 11) is 1.87. The molecule has 3 aromatic rings. The van der Waals surface area contributed by atoms with E-state index in [1.807, 2.05) is 61.3 Å². The van der Waals surface area contributed by atoms with Crippen molar-refractivity contribution in [3.63, 3.8) is 0 Å². The Balaban J connectivity index is 1.87. The molecule has 0 radical (unpaired) electrons. The molecule has 0 unspecified atom stereocenters. The summed E-state index contributed by atoms with van der Waals surface area (Å²) in [4.78, 5) is 19.8. The fraction of sp³-hybridized carbons (Fsp3) is 0.333. The monoisotopic (exact) mass is 386 g/mol. The Kier molecular flexibility index (Phi) is 5.64. The van der Waals surface area contributed by atoms with Gasteiger partial charge < -0.3 is 4.90 Å². The van der Waals surface area contributed by atoms with Crippen molar-refractivity contribution in [3.8, 4) is 0 Å². The van der Waals surface area contributed by atoms with Gasteiger partial charge >= 0.3 is 0 Å². The van der Waals surface area contributed by atoms with Gasteiger partial charge in [-0.3, -0.25) is 4.79 Å². The maximum atomic E-state index is 13.3. The quantitative estimate of drug-likeness (QED) is 0.546. The van der Waals surface area contributed by atoms with Gasteiger partial charge in [-0.1, -0.05) is 49.7 Å². The summed E-state index contributed by atoms with van der Waals surface area (Å²) in [5, 5.41) is 1.64. The molecule has 136 valence electrons. The molecule has 0 bridgehead atoms. The van der Waals surface area contributed by atoms with Gasteiger partial charge in [0.15, 0.2) is 0 Å². The Bertz CT molecular complexity index is 871. The molecule has 0 aliphatic carbocycles. The molecule has 3 nitrogen and oxygen atoms in total. The number of aromatic nitrogens is 1. The summed E-state index contributed by atoms with van der Waals surface area (Å²) in [5.41, 5.74) is 1.98. The third-order valence-electron chi connectivity index (χ3n) is 4.76. The molecule has 1 aromatic heterocycles. The molecule has 0 saturated heterocycles. The summed E-state index contributed by atoms with van der Waals surface area (Å²) in [6.07, 6.45) is 0. The average molecular weight is 387 g/mol. The Hall–Kier alpha value is -1.91. The van der Waals surface area contributed by atoms with Gasteiger partial charge in [-0.05, 0) is 42.7 Å². The topological polar surface area (TPSA) is 33.2 Å². The Labute approximate surface area is 163 Å². The number of likely N-dealkylation sites (N-methyl/N-ethyl adjacent to an activating group) is 1. The zero-order chi connectivity index (χ0) is 18.8. The highest BCUT2D eigenvalue weighted by molar-refractivity contribution is 7.18. The predicted molar refractivity (Wildman–Crippen MR) is 110 cm³/mol. The molecular weight excluding hydrogens is 364 g/mol. The van der Waals surface area contributed by atoms with Crippen LogP contribution in [-0.4, -0.2) is 22.8 Å². The van der Waals surface area contributed by atoms with Crippen molar-refractivity contribution in [1.29, 1.82) is 0 Å². The zero-order valence-corrected chi connectivity index (χ0v) is 17.0. The molecule has 3 rings (SSSR count). The number of carbonyl (C=O) groups excluding carboxylic acids is 1. The van der Waals surface area contributed by atoms with Crippen LogP contribution in [0.4, 0.5) is 0 Å². The highest BCUT2D eigenvalue weighted by atomic mass is 35.5. The third-order valence-corrected chi connectivity index (χ3v) is 6.22. The first-order valence-corrected chi connectivity index (χ1v) is 9.95. The van der Waals surface area contributed by atoms with E-state index >= 15 is 0 Å². The van der Waals surface area contributed by atoms with E-state index in [-0.39, 0.29) is 23.8 Å². The van der Waals surface area contributed by atoms with Gasteiger partial charge in [0.2, 0.25) is 5.91 Å². The first kappa shape index (κ1) is 18.9. The SMILES string of the molecule is CC(C)[C@@H](C(=O)N(C)[C@H](C)c1nc2ccccc2s1)c1ccc(Cl)cc1. The van der Waals surface area contributed by atoms with Crippen molar-refractivity contribution in [1.82, 2.24) is 9.88 Å². The lowest BCUT2D eigenvalue weighted by Crippen LogP contribution is -2.35. The fourth-order valence-corrected chi connectivity index (χ4v) is 4.32. The van der Waals surface area contributed by atoms with Crippen LogP contribution in [0, 0.1) is 5.92 Å². The fourth-order valence-electron chi connectivity index (χ4n) is 3.13. The Morgan fingerprint density at radius 3 is 2.35 bits per heavy atom. The lowest BCUT2D eigenvalue weighted by molar-refractivity contribution is -0.134. The number of para-hydroxylation sites is 1. The van der Waals surface area contributed by atoms with Gasteiger partial charge in [-0.2, -0.15) is 0 Å². The second-order valence-electron chi connectivity index (χ2n) is 6.92. The molecule has 0 aliphatic heterocycles. The van der Waals surface area contributed by atoms with E-state index in [4.69, 9.17) is 16.6 Å². The normalized spacial score (nSPS) is 13.8. The number of carbonyl (C=O) groups is 1. The van der Waals surface area contributed by atoms with Crippen LogP contribution in [0.15, 0.2) is 48.5 Å². The minimum atomic E-state index is -0.200. The molecule has 1 amide bonds. The van der Waals surface area contributed by atoms with E-state index in [1.54, 1.807) is 11.3 Å². The lowest BCUT2D eigenvalue weighted by Gasteiger charge is -2.30. The molecule has 5 heteroatoms. The van der Waals surface area contributed by atoms with Crippen LogP contribution in [0.25, 0.3) is 10.2 Å². The van der Waals surface area contributed by atoms with E-state index in [1.165, 1.54) is 0 Å². The van der Waals surface area contributed by atoms with Gasteiger partial charge in [0.25, 0.3) is 0 Å². The van der Waals surface area contributed by atoms with E-state index < -0.39 is 0 Å². The van der Waals surface area contributed by atoms with Gasteiger partial charge in [0.1, 0.15) is 5.01 Å². The summed E-state index contributed by atoms with van der Waals surface area (Å²) in [5.74, 6) is 0.0943. The zero-order valence-electron chi connectivity index (χ0n) is 15.4. The van der Waals surface area contributed by atoms with Crippen molar-refractivity contribution in [2.24, 2.45) is 5.92 Å². The molecule has 0 N–H and O–H groups in total. The summed E-state index contributed by atoms with van der Waals surface area (Å²) >= 11 is 7.65. The number of rotatable bonds is 5. The highest BCUT2D eigenvalue weighted by Crippen LogP contribution is 2.33. The van der Waals surface area contributed by atoms with Crippen molar-refractivity contribution in [2.75, 3.05) is 7.05 Å². The number of hydrogen-bond acceptors (Lipinski definition) is 3. The second-order valence-corrected chi connectivity index (χ2v) is 8.42. The molecule has 2 atom stereocenters. The Morgan fingerprint density at radius 1 is 1.08 bits per heavy atom. The van der Waals surface area contributed by atoms with E-state index in [2.05, 4.69) is 19.9 Å². The van der Waals surface area contributed by atoms with Gasteiger partial charge in [-0.15, -0.1) is 11.3 Å². The van der Waals surface area contributed by atoms with Crippen molar-refractivity contribution < 1.29 is 4.79 Å². The summed E-state index contributed by atoms with van der Waals surface area (Å²) in [6.45, 7) is 6.19. The Morgan fingerprint density at radius 2 is 1.73 bits per heavy atom. The summed E-state index contributed by atoms with van der Waals surface area (Å²) < 4.78 is 1.15. The van der Waals surface area contributed by atoms with Crippen LogP contribution in [0.2, 0.25) is 5.02 Å². The minimum absolute atomic E-state index is 0.0755. The molecule has 0 aliphatic rings. The highest BCUT2D eigenvalue weighted by Gasteiger charge is 2.30. The lowest BCUT2D eigenvalue weighted by atomic mass is 9.87. The van der Waals surface area contributed by atoms with E-state index in [0.717, 1.165) is 20.8 Å². The first-order valence-electron chi connectivity index (χ1n) is 8.76. The number of fused-ring (bicyclic) bond motifs is 1. The number of thiazole rings is 1. The maximum Gasteiger partial charge on any atom is 0.230 e. The molecule has 0 spiro atoms. The van der Waals surface area contributed by atoms with Crippen molar-refractivity contribution >= 4 is 39.1 Å². The molecule has 0 fully saturated rings. The second kappa shape index (κ2) is 7.77. The van der Waals surface area contributed by atoms with Crippen LogP contribution in [0.3, 0.4) is 0 Å². The smallest absolute Gasteiger partial charge is 0.230 e. The molecule has 2 aromatic carbocycles. The number of amides is 1. The van der Waals surface area contributed by atoms with Crippen LogP contribution in [-0.2, 0) is 4.79 Å².